The average Bonchev–Trinajstić information content (AvgIpc) is 2.30. The first-order valence-electron chi connectivity index (χ1n) is 3.02. The molecule has 0 aromatic rings. The van der Waals surface area contributed by atoms with Crippen molar-refractivity contribution in [3.05, 3.63) is 0 Å². The highest BCUT2D eigenvalue weighted by Gasteiger charge is 2.39. The van der Waals surface area contributed by atoms with Crippen LogP contribution < -0.4 is 0 Å². The maximum atomic E-state index is 10.5. The van der Waals surface area contributed by atoms with Gasteiger partial charge in [-0.3, -0.25) is 14.4 Å². The van der Waals surface area contributed by atoms with E-state index in [1.165, 1.54) is 0 Å². The van der Waals surface area contributed by atoms with Gasteiger partial charge in [-0.05, 0) is 0 Å². The third-order valence-electron chi connectivity index (χ3n) is 1.50. The number of hydrogen-bond acceptors (Lipinski definition) is 4. The Morgan fingerprint density at radius 1 is 1.73 bits per heavy atom. The van der Waals surface area contributed by atoms with Gasteiger partial charge in [-0.1, -0.05) is 0 Å². The first-order chi connectivity index (χ1) is 5.15. The standard InChI is InChI=1S/C6H6O5/c7-2-4-3(6(9)10)1-5(8)11-4/h2-4H,1H2,(H,9,10). The Morgan fingerprint density at radius 3 is 2.73 bits per heavy atom. The molecule has 1 saturated heterocycles. The van der Waals surface area contributed by atoms with E-state index in [0.29, 0.717) is 6.29 Å². The summed E-state index contributed by atoms with van der Waals surface area (Å²) in [5, 5.41) is 8.44. The molecule has 0 amide bonds. The molecule has 0 spiro atoms. The minimum atomic E-state index is -1.17. The summed E-state index contributed by atoms with van der Waals surface area (Å²) < 4.78 is 4.40. The van der Waals surface area contributed by atoms with Crippen molar-refractivity contribution in [3.8, 4) is 0 Å². The molecule has 1 heterocycles. The lowest BCUT2D eigenvalue weighted by atomic mass is 10.0. The van der Waals surface area contributed by atoms with Gasteiger partial charge in [0, 0.05) is 0 Å². The average molecular weight is 158 g/mol. The molecule has 0 aromatic carbocycles. The van der Waals surface area contributed by atoms with Crippen LogP contribution in [0.4, 0.5) is 0 Å². The van der Waals surface area contributed by atoms with Crippen LogP contribution in [0.2, 0.25) is 0 Å². The van der Waals surface area contributed by atoms with E-state index in [1.54, 1.807) is 0 Å². The summed E-state index contributed by atoms with van der Waals surface area (Å²) in [6, 6.07) is 0. The molecular weight excluding hydrogens is 152 g/mol. The Bertz CT molecular complexity index is 209. The highest BCUT2D eigenvalue weighted by molar-refractivity contribution is 5.87. The molecule has 2 unspecified atom stereocenters. The van der Waals surface area contributed by atoms with Gasteiger partial charge in [0.15, 0.2) is 12.4 Å². The van der Waals surface area contributed by atoms with Gasteiger partial charge in [0.25, 0.3) is 0 Å². The van der Waals surface area contributed by atoms with Crippen molar-refractivity contribution in [3.63, 3.8) is 0 Å². The van der Waals surface area contributed by atoms with Crippen molar-refractivity contribution < 1.29 is 24.2 Å². The number of esters is 1. The maximum Gasteiger partial charge on any atom is 0.311 e. The Morgan fingerprint density at radius 2 is 2.36 bits per heavy atom. The number of carboxylic acid groups (broad SMARTS) is 1. The molecule has 1 aliphatic heterocycles. The van der Waals surface area contributed by atoms with Crippen LogP contribution >= 0.6 is 0 Å². The number of aldehydes is 1. The van der Waals surface area contributed by atoms with Crippen LogP contribution in [0.25, 0.3) is 0 Å². The maximum absolute atomic E-state index is 10.5. The number of cyclic esters (lactones) is 1. The highest BCUT2D eigenvalue weighted by atomic mass is 16.6. The van der Waals surface area contributed by atoms with Crippen molar-refractivity contribution in [1.29, 1.82) is 0 Å². The number of ether oxygens (including phenoxy) is 1. The van der Waals surface area contributed by atoms with Crippen molar-refractivity contribution in [2.75, 3.05) is 0 Å². The van der Waals surface area contributed by atoms with E-state index < -0.39 is 24.0 Å². The molecule has 1 rings (SSSR count). The van der Waals surface area contributed by atoms with Crippen LogP contribution in [-0.4, -0.2) is 29.4 Å². The van der Waals surface area contributed by atoms with E-state index in [-0.39, 0.29) is 6.42 Å². The van der Waals surface area contributed by atoms with Gasteiger partial charge in [0.2, 0.25) is 0 Å². The predicted octanol–water partition coefficient (Wildman–Crippen LogP) is -0.798. The van der Waals surface area contributed by atoms with Crippen LogP contribution in [0, 0.1) is 5.92 Å². The minimum absolute atomic E-state index is 0.210. The molecule has 0 aromatic heterocycles. The van der Waals surface area contributed by atoms with Crippen LogP contribution in [0.3, 0.4) is 0 Å². The number of carboxylic acids is 1. The second-order valence-corrected chi connectivity index (χ2v) is 2.24. The normalized spacial score (nSPS) is 29.6. The zero-order valence-electron chi connectivity index (χ0n) is 5.52. The summed E-state index contributed by atoms with van der Waals surface area (Å²) in [5.41, 5.74) is 0. The van der Waals surface area contributed by atoms with Gasteiger partial charge in [0.1, 0.15) is 5.92 Å². The van der Waals surface area contributed by atoms with Crippen molar-refractivity contribution in [2.24, 2.45) is 5.92 Å². The fourth-order valence-electron chi connectivity index (χ4n) is 0.928. The SMILES string of the molecule is O=CC1OC(=O)CC1C(=O)O. The van der Waals surface area contributed by atoms with Gasteiger partial charge in [0.05, 0.1) is 6.42 Å². The van der Waals surface area contributed by atoms with Gasteiger partial charge in [-0.25, -0.2) is 0 Å². The summed E-state index contributed by atoms with van der Waals surface area (Å²) in [4.78, 5) is 30.9. The van der Waals surface area contributed by atoms with Crippen molar-refractivity contribution >= 4 is 18.2 Å². The zero-order chi connectivity index (χ0) is 8.43. The third kappa shape index (κ3) is 1.36. The second kappa shape index (κ2) is 2.69. The highest BCUT2D eigenvalue weighted by Crippen LogP contribution is 2.20. The molecule has 0 aliphatic carbocycles. The summed E-state index contributed by atoms with van der Waals surface area (Å²) in [5.74, 6) is -2.80. The van der Waals surface area contributed by atoms with Crippen LogP contribution in [0.1, 0.15) is 6.42 Å². The fraction of sp³-hybridized carbons (Fsp3) is 0.500. The smallest absolute Gasteiger partial charge is 0.311 e. The summed E-state index contributed by atoms with van der Waals surface area (Å²) >= 11 is 0. The van der Waals surface area contributed by atoms with Crippen LogP contribution in [0.15, 0.2) is 0 Å². The van der Waals surface area contributed by atoms with E-state index in [1.807, 2.05) is 0 Å². The lowest BCUT2D eigenvalue weighted by Gasteiger charge is -2.04. The van der Waals surface area contributed by atoms with E-state index in [4.69, 9.17) is 5.11 Å². The Kier molecular flexibility index (Phi) is 1.89. The Balaban J connectivity index is 2.72. The summed E-state index contributed by atoms with van der Waals surface area (Å²) in [6.45, 7) is 0. The summed E-state index contributed by atoms with van der Waals surface area (Å²) in [7, 11) is 0. The lowest BCUT2D eigenvalue weighted by molar-refractivity contribution is -0.147. The fourth-order valence-corrected chi connectivity index (χ4v) is 0.928. The number of carbonyl (C=O) groups is 3. The molecule has 1 aliphatic rings. The third-order valence-corrected chi connectivity index (χ3v) is 1.50. The molecule has 1 N–H and O–H groups in total. The molecular formula is C6H6O5. The largest absolute Gasteiger partial charge is 0.481 e. The molecule has 11 heavy (non-hydrogen) atoms. The lowest BCUT2D eigenvalue weighted by Crippen LogP contribution is -2.24. The quantitative estimate of drug-likeness (QED) is 0.420. The van der Waals surface area contributed by atoms with Crippen LogP contribution in [-0.2, 0) is 19.1 Å². The van der Waals surface area contributed by atoms with Crippen molar-refractivity contribution in [1.82, 2.24) is 0 Å². The number of hydrogen-bond donors (Lipinski definition) is 1. The number of rotatable bonds is 2. The molecule has 5 heteroatoms. The van der Waals surface area contributed by atoms with Crippen LogP contribution in [0.5, 0.6) is 0 Å². The van der Waals surface area contributed by atoms with Gasteiger partial charge in [-0.2, -0.15) is 0 Å². The Hall–Kier alpha value is -1.39. The second-order valence-electron chi connectivity index (χ2n) is 2.24. The topological polar surface area (TPSA) is 80.7 Å². The van der Waals surface area contributed by atoms with E-state index in [9.17, 15) is 14.4 Å². The van der Waals surface area contributed by atoms with E-state index in [2.05, 4.69) is 4.74 Å². The van der Waals surface area contributed by atoms with Gasteiger partial charge in [-0.15, -0.1) is 0 Å². The number of carbonyl (C=O) groups excluding carboxylic acids is 2. The molecule has 0 bridgehead atoms. The molecule has 60 valence electrons. The zero-order valence-corrected chi connectivity index (χ0v) is 5.52. The van der Waals surface area contributed by atoms with E-state index >= 15 is 0 Å². The predicted molar refractivity (Wildman–Crippen MR) is 31.7 cm³/mol. The summed E-state index contributed by atoms with van der Waals surface area (Å²) in [6.07, 6.45) is -0.970. The Labute approximate surface area is 62.0 Å². The van der Waals surface area contributed by atoms with Gasteiger partial charge >= 0.3 is 11.9 Å². The minimum Gasteiger partial charge on any atom is -0.481 e. The molecule has 1 fully saturated rings. The van der Waals surface area contributed by atoms with E-state index in [0.717, 1.165) is 0 Å². The van der Waals surface area contributed by atoms with Gasteiger partial charge < -0.3 is 9.84 Å². The number of aliphatic carboxylic acids is 1. The first-order valence-corrected chi connectivity index (χ1v) is 3.02. The molecule has 5 nitrogen and oxygen atoms in total. The monoisotopic (exact) mass is 158 g/mol. The molecule has 0 saturated carbocycles. The van der Waals surface area contributed by atoms with Crippen molar-refractivity contribution in [2.45, 2.75) is 12.5 Å². The molecule has 2 atom stereocenters. The first kappa shape index (κ1) is 7.71. The molecule has 0 radical (unpaired) electrons.